The molecule has 0 aliphatic carbocycles. The van der Waals surface area contributed by atoms with E-state index in [9.17, 15) is 4.79 Å². The second kappa shape index (κ2) is 6.74. The van der Waals surface area contributed by atoms with E-state index in [2.05, 4.69) is 0 Å². The lowest BCUT2D eigenvalue weighted by molar-refractivity contribution is -0.137. The van der Waals surface area contributed by atoms with Gasteiger partial charge in [0.25, 0.3) is 0 Å². The Balaban J connectivity index is 2.66. The van der Waals surface area contributed by atoms with Gasteiger partial charge in [-0.05, 0) is 38.0 Å². The van der Waals surface area contributed by atoms with Crippen LogP contribution in [0.5, 0.6) is 5.75 Å². The minimum Gasteiger partial charge on any atom is -0.497 e. The van der Waals surface area contributed by atoms with Crippen LogP contribution in [0.2, 0.25) is 0 Å². The summed E-state index contributed by atoms with van der Waals surface area (Å²) in [7, 11) is 1.64. The van der Waals surface area contributed by atoms with Gasteiger partial charge in [-0.3, -0.25) is 0 Å². The molecular weight excluding hydrogens is 216 g/mol. The van der Waals surface area contributed by atoms with E-state index in [1.165, 1.54) is 6.08 Å². The van der Waals surface area contributed by atoms with Crippen LogP contribution in [0.15, 0.2) is 35.9 Å². The molecule has 17 heavy (non-hydrogen) atoms. The Morgan fingerprint density at radius 1 is 1.41 bits per heavy atom. The molecule has 1 aromatic rings. The molecule has 0 fully saturated rings. The average molecular weight is 234 g/mol. The first kappa shape index (κ1) is 13.3. The smallest absolute Gasteiger partial charge is 0.330 e. The second-order valence-corrected chi connectivity index (χ2v) is 3.77. The van der Waals surface area contributed by atoms with Crippen molar-refractivity contribution in [1.82, 2.24) is 0 Å². The molecule has 0 radical (unpaired) electrons. The topological polar surface area (TPSA) is 35.5 Å². The minimum atomic E-state index is -0.284. The van der Waals surface area contributed by atoms with Crippen LogP contribution in [-0.2, 0) is 16.0 Å². The Hall–Kier alpha value is -1.77. The fourth-order valence-corrected chi connectivity index (χ4v) is 1.54. The van der Waals surface area contributed by atoms with Crippen molar-refractivity contribution in [2.24, 2.45) is 0 Å². The fourth-order valence-electron chi connectivity index (χ4n) is 1.54. The van der Waals surface area contributed by atoms with Crippen molar-refractivity contribution in [3.8, 4) is 5.75 Å². The molecule has 0 unspecified atom stereocenters. The summed E-state index contributed by atoms with van der Waals surface area (Å²) < 4.78 is 10.0. The lowest BCUT2D eigenvalue weighted by Gasteiger charge is -2.05. The van der Waals surface area contributed by atoms with E-state index in [1.807, 2.05) is 31.2 Å². The van der Waals surface area contributed by atoms with Crippen LogP contribution < -0.4 is 4.74 Å². The maximum absolute atomic E-state index is 11.2. The maximum Gasteiger partial charge on any atom is 0.330 e. The zero-order valence-corrected chi connectivity index (χ0v) is 10.5. The summed E-state index contributed by atoms with van der Waals surface area (Å²) in [6.45, 7) is 4.11. The van der Waals surface area contributed by atoms with Crippen molar-refractivity contribution in [3.05, 3.63) is 41.5 Å². The first-order valence-corrected chi connectivity index (χ1v) is 5.62. The number of methoxy groups -OCH3 is 1. The number of hydrogen-bond donors (Lipinski definition) is 0. The molecule has 0 spiro atoms. The second-order valence-electron chi connectivity index (χ2n) is 3.77. The lowest BCUT2D eigenvalue weighted by atomic mass is 10.1. The minimum absolute atomic E-state index is 0.284. The number of hydrogen-bond acceptors (Lipinski definition) is 3. The van der Waals surface area contributed by atoms with Crippen molar-refractivity contribution in [1.29, 1.82) is 0 Å². The Morgan fingerprint density at radius 2 is 2.18 bits per heavy atom. The molecule has 3 nitrogen and oxygen atoms in total. The maximum atomic E-state index is 11.2. The first-order chi connectivity index (χ1) is 8.15. The van der Waals surface area contributed by atoms with Crippen molar-refractivity contribution < 1.29 is 14.3 Å². The van der Waals surface area contributed by atoms with Crippen molar-refractivity contribution in [3.63, 3.8) is 0 Å². The summed E-state index contributed by atoms with van der Waals surface area (Å²) in [4.78, 5) is 11.2. The molecule has 0 amide bonds. The van der Waals surface area contributed by atoms with Gasteiger partial charge < -0.3 is 9.47 Å². The molecule has 0 bridgehead atoms. The van der Waals surface area contributed by atoms with Crippen LogP contribution in [0.25, 0.3) is 0 Å². The Bertz CT molecular complexity index is 408. The molecule has 92 valence electrons. The fraction of sp³-hybridized carbons (Fsp3) is 0.357. The highest BCUT2D eigenvalue weighted by molar-refractivity contribution is 5.82. The third kappa shape index (κ3) is 4.72. The van der Waals surface area contributed by atoms with Crippen LogP contribution in [0.4, 0.5) is 0 Å². The molecule has 3 heteroatoms. The van der Waals surface area contributed by atoms with Crippen LogP contribution >= 0.6 is 0 Å². The zero-order valence-electron chi connectivity index (χ0n) is 10.5. The van der Waals surface area contributed by atoms with Gasteiger partial charge in [-0.1, -0.05) is 17.7 Å². The van der Waals surface area contributed by atoms with Gasteiger partial charge in [0, 0.05) is 6.08 Å². The van der Waals surface area contributed by atoms with Crippen molar-refractivity contribution in [2.45, 2.75) is 20.3 Å². The summed E-state index contributed by atoms with van der Waals surface area (Å²) in [5.41, 5.74) is 2.08. The quantitative estimate of drug-likeness (QED) is 0.580. The van der Waals surface area contributed by atoms with E-state index in [0.29, 0.717) is 6.61 Å². The summed E-state index contributed by atoms with van der Waals surface area (Å²) in [5, 5.41) is 0. The van der Waals surface area contributed by atoms with Gasteiger partial charge in [0.2, 0.25) is 0 Å². The molecule has 0 aliphatic heterocycles. The Kier molecular flexibility index (Phi) is 5.27. The van der Waals surface area contributed by atoms with Gasteiger partial charge in [0.1, 0.15) is 5.75 Å². The van der Waals surface area contributed by atoms with Gasteiger partial charge in [-0.25, -0.2) is 4.79 Å². The van der Waals surface area contributed by atoms with E-state index < -0.39 is 0 Å². The van der Waals surface area contributed by atoms with Gasteiger partial charge >= 0.3 is 5.97 Å². The molecule has 0 N–H and O–H groups in total. The SMILES string of the molecule is CCOC(=O)C=C(C)Cc1cccc(OC)c1. The average Bonchev–Trinajstić information content (AvgIpc) is 2.29. The number of esters is 1. The van der Waals surface area contributed by atoms with E-state index in [0.717, 1.165) is 23.3 Å². The molecule has 0 aliphatic rings. The normalized spacial score (nSPS) is 11.1. The molecule has 0 saturated carbocycles. The van der Waals surface area contributed by atoms with Crippen LogP contribution in [0, 0.1) is 0 Å². The molecule has 0 atom stereocenters. The van der Waals surface area contributed by atoms with Gasteiger partial charge in [0.15, 0.2) is 0 Å². The van der Waals surface area contributed by atoms with E-state index in [1.54, 1.807) is 14.0 Å². The monoisotopic (exact) mass is 234 g/mol. The highest BCUT2D eigenvalue weighted by Crippen LogP contribution is 2.15. The lowest BCUT2D eigenvalue weighted by Crippen LogP contribution is -2.01. The highest BCUT2D eigenvalue weighted by atomic mass is 16.5. The zero-order chi connectivity index (χ0) is 12.7. The van der Waals surface area contributed by atoms with E-state index in [-0.39, 0.29) is 5.97 Å². The Labute approximate surface area is 102 Å². The van der Waals surface area contributed by atoms with Gasteiger partial charge in [0.05, 0.1) is 13.7 Å². The first-order valence-electron chi connectivity index (χ1n) is 5.62. The van der Waals surface area contributed by atoms with Crippen molar-refractivity contribution >= 4 is 5.97 Å². The third-order valence-corrected chi connectivity index (χ3v) is 2.27. The highest BCUT2D eigenvalue weighted by Gasteiger charge is 2.01. The van der Waals surface area contributed by atoms with Gasteiger partial charge in [-0.2, -0.15) is 0 Å². The number of carbonyl (C=O) groups excluding carboxylic acids is 1. The van der Waals surface area contributed by atoms with E-state index >= 15 is 0 Å². The molecule has 1 aromatic carbocycles. The molecular formula is C14H18O3. The number of allylic oxidation sites excluding steroid dienone is 1. The number of benzene rings is 1. The van der Waals surface area contributed by atoms with Crippen LogP contribution in [0.1, 0.15) is 19.4 Å². The van der Waals surface area contributed by atoms with E-state index in [4.69, 9.17) is 9.47 Å². The summed E-state index contributed by atoms with van der Waals surface area (Å²) >= 11 is 0. The predicted molar refractivity (Wildman–Crippen MR) is 67.1 cm³/mol. The summed E-state index contributed by atoms with van der Waals surface area (Å²) in [5.74, 6) is 0.541. The van der Waals surface area contributed by atoms with Crippen molar-refractivity contribution in [2.75, 3.05) is 13.7 Å². The molecule has 0 aromatic heterocycles. The summed E-state index contributed by atoms with van der Waals surface area (Å²) in [6.07, 6.45) is 2.25. The number of rotatable bonds is 5. The number of carbonyl (C=O) groups is 1. The third-order valence-electron chi connectivity index (χ3n) is 2.27. The molecule has 0 saturated heterocycles. The van der Waals surface area contributed by atoms with Crippen LogP contribution in [0.3, 0.4) is 0 Å². The molecule has 1 rings (SSSR count). The predicted octanol–water partition coefficient (Wildman–Crippen LogP) is 2.75. The number of ether oxygens (including phenoxy) is 2. The largest absolute Gasteiger partial charge is 0.497 e. The van der Waals surface area contributed by atoms with Gasteiger partial charge in [-0.15, -0.1) is 0 Å². The Morgan fingerprint density at radius 3 is 2.82 bits per heavy atom. The van der Waals surface area contributed by atoms with Crippen LogP contribution in [-0.4, -0.2) is 19.7 Å². The standard InChI is InChI=1S/C14H18O3/c1-4-17-14(15)9-11(2)8-12-6-5-7-13(10-12)16-3/h5-7,9-10H,4,8H2,1-3H3. The molecule has 0 heterocycles. The summed E-state index contributed by atoms with van der Waals surface area (Å²) in [6, 6.07) is 7.80.